The minimum Gasteiger partial charge on any atom is -0.310 e. The number of anilines is 1. The number of amides is 1. The first kappa shape index (κ1) is 17.2. The van der Waals surface area contributed by atoms with Gasteiger partial charge in [0.25, 0.3) is 0 Å². The maximum Gasteiger partial charge on any atom is 0.239 e. The first-order valence-electron chi connectivity index (χ1n) is 7.96. The van der Waals surface area contributed by atoms with Crippen molar-refractivity contribution in [2.24, 2.45) is 0 Å². The average molecular weight is 364 g/mol. The fourth-order valence-corrected chi connectivity index (χ4v) is 3.18. The number of carbonyl (C=O) groups excluding carboxylic acids is 1. The number of pyridine rings is 1. The number of hydrogen-bond acceptors (Lipinski definition) is 3. The van der Waals surface area contributed by atoms with Crippen molar-refractivity contribution >= 4 is 34.9 Å². The van der Waals surface area contributed by atoms with E-state index in [1.54, 1.807) is 12.1 Å². The van der Waals surface area contributed by atoms with Crippen LogP contribution in [0.2, 0.25) is 10.0 Å². The van der Waals surface area contributed by atoms with E-state index in [1.165, 1.54) is 6.20 Å². The van der Waals surface area contributed by atoms with E-state index in [1.807, 2.05) is 24.3 Å². The first-order chi connectivity index (χ1) is 11.5. The van der Waals surface area contributed by atoms with Gasteiger partial charge in [-0.1, -0.05) is 41.4 Å². The molecule has 0 bridgehead atoms. The average Bonchev–Trinajstić information content (AvgIpc) is 3.39. The van der Waals surface area contributed by atoms with Gasteiger partial charge in [0.15, 0.2) is 0 Å². The Balaban J connectivity index is 1.69. The van der Waals surface area contributed by atoms with E-state index >= 15 is 0 Å². The summed E-state index contributed by atoms with van der Waals surface area (Å²) in [5.74, 6) is 0.418. The number of benzene rings is 1. The molecule has 6 heteroatoms. The van der Waals surface area contributed by atoms with Crippen LogP contribution in [0.1, 0.15) is 31.4 Å². The maximum atomic E-state index is 12.4. The Hall–Kier alpha value is -1.62. The van der Waals surface area contributed by atoms with Gasteiger partial charge in [0.2, 0.25) is 5.91 Å². The molecular formula is C18H19Cl2N3O. The molecule has 0 radical (unpaired) electrons. The summed E-state index contributed by atoms with van der Waals surface area (Å²) >= 11 is 12.1. The number of nitrogens with one attached hydrogen (secondary N) is 1. The lowest BCUT2D eigenvalue weighted by Gasteiger charge is -2.29. The van der Waals surface area contributed by atoms with Crippen molar-refractivity contribution in [1.82, 2.24) is 9.88 Å². The van der Waals surface area contributed by atoms with Crippen molar-refractivity contribution in [2.45, 2.75) is 31.8 Å². The van der Waals surface area contributed by atoms with Crippen LogP contribution < -0.4 is 5.32 Å². The Morgan fingerprint density at radius 1 is 1.29 bits per heavy atom. The van der Waals surface area contributed by atoms with Crippen molar-refractivity contribution in [1.29, 1.82) is 0 Å². The van der Waals surface area contributed by atoms with E-state index in [4.69, 9.17) is 23.2 Å². The summed E-state index contributed by atoms with van der Waals surface area (Å²) in [6, 6.07) is 11.7. The van der Waals surface area contributed by atoms with Crippen molar-refractivity contribution < 1.29 is 4.79 Å². The molecule has 126 valence electrons. The van der Waals surface area contributed by atoms with Crippen LogP contribution >= 0.6 is 23.2 Å². The van der Waals surface area contributed by atoms with E-state index in [0.29, 0.717) is 23.4 Å². The Morgan fingerprint density at radius 3 is 2.67 bits per heavy atom. The smallest absolute Gasteiger partial charge is 0.239 e. The molecule has 0 saturated heterocycles. The van der Waals surface area contributed by atoms with Crippen molar-refractivity contribution in [3.05, 3.63) is 58.2 Å². The van der Waals surface area contributed by atoms with Crippen LogP contribution in [0.5, 0.6) is 0 Å². The Bertz CT molecular complexity index is 716. The van der Waals surface area contributed by atoms with E-state index in [2.05, 4.69) is 22.1 Å². The van der Waals surface area contributed by atoms with Crippen molar-refractivity contribution in [3.63, 3.8) is 0 Å². The quantitative estimate of drug-likeness (QED) is 0.818. The Labute approximate surface area is 151 Å². The molecule has 3 rings (SSSR count). The third kappa shape index (κ3) is 4.26. The van der Waals surface area contributed by atoms with Crippen LogP contribution in [0.4, 0.5) is 5.82 Å². The molecule has 0 aliphatic heterocycles. The minimum atomic E-state index is -0.0874. The van der Waals surface area contributed by atoms with Gasteiger partial charge in [-0.15, -0.1) is 0 Å². The maximum absolute atomic E-state index is 12.4. The number of rotatable bonds is 6. The molecule has 2 aromatic rings. The van der Waals surface area contributed by atoms with E-state index in [9.17, 15) is 4.79 Å². The monoisotopic (exact) mass is 363 g/mol. The molecule has 1 fully saturated rings. The molecule has 24 heavy (non-hydrogen) atoms. The number of carbonyl (C=O) groups is 1. The highest BCUT2D eigenvalue weighted by Gasteiger charge is 2.34. The number of aromatic nitrogens is 1. The van der Waals surface area contributed by atoms with Crippen LogP contribution in [-0.2, 0) is 4.79 Å². The number of halogens is 2. The second kappa shape index (κ2) is 7.51. The molecule has 1 unspecified atom stereocenters. The van der Waals surface area contributed by atoms with Crippen LogP contribution in [0.3, 0.4) is 0 Å². The largest absolute Gasteiger partial charge is 0.310 e. The van der Waals surface area contributed by atoms with Crippen LogP contribution in [0, 0.1) is 0 Å². The molecule has 1 aliphatic rings. The fourth-order valence-electron chi connectivity index (χ4n) is 2.78. The molecule has 0 spiro atoms. The third-order valence-corrected chi connectivity index (χ3v) is 4.76. The topological polar surface area (TPSA) is 45.2 Å². The highest BCUT2D eigenvalue weighted by Crippen LogP contribution is 2.36. The van der Waals surface area contributed by atoms with Crippen LogP contribution in [0.15, 0.2) is 42.6 Å². The molecular weight excluding hydrogens is 345 g/mol. The molecule has 1 atom stereocenters. The van der Waals surface area contributed by atoms with E-state index in [0.717, 1.165) is 23.4 Å². The molecule has 1 aliphatic carbocycles. The zero-order valence-electron chi connectivity index (χ0n) is 13.4. The van der Waals surface area contributed by atoms with Crippen molar-refractivity contribution in [2.75, 3.05) is 11.9 Å². The predicted octanol–water partition coefficient (Wildman–Crippen LogP) is 4.55. The van der Waals surface area contributed by atoms with Gasteiger partial charge in [-0.3, -0.25) is 9.69 Å². The zero-order valence-corrected chi connectivity index (χ0v) is 14.9. The second-order valence-electron chi connectivity index (χ2n) is 6.01. The summed E-state index contributed by atoms with van der Waals surface area (Å²) in [4.78, 5) is 18.7. The molecule has 4 nitrogen and oxygen atoms in total. The predicted molar refractivity (Wildman–Crippen MR) is 97.5 cm³/mol. The molecule has 1 N–H and O–H groups in total. The summed E-state index contributed by atoms with van der Waals surface area (Å²) < 4.78 is 0. The van der Waals surface area contributed by atoms with Crippen molar-refractivity contribution in [3.8, 4) is 0 Å². The summed E-state index contributed by atoms with van der Waals surface area (Å²) in [5.41, 5.74) is 1.04. The SMILES string of the molecule is CC(c1ccccc1Cl)N(CC(=O)Nc1ccc(Cl)cn1)C1CC1. The summed E-state index contributed by atoms with van der Waals surface area (Å²) in [6.07, 6.45) is 3.74. The first-order valence-corrected chi connectivity index (χ1v) is 8.72. The molecule has 1 saturated carbocycles. The summed E-state index contributed by atoms with van der Waals surface area (Å²) in [7, 11) is 0. The van der Waals surface area contributed by atoms with E-state index in [-0.39, 0.29) is 11.9 Å². The molecule has 1 aromatic carbocycles. The standard InChI is InChI=1S/C18H19Cl2N3O/c1-12(15-4-2-3-5-16(15)20)23(14-7-8-14)11-18(24)22-17-9-6-13(19)10-21-17/h2-6,9-10,12,14H,7-8,11H2,1H3,(H,21,22,24). The van der Waals surface area contributed by atoms with Gasteiger partial charge in [0.05, 0.1) is 11.6 Å². The molecule has 1 heterocycles. The summed E-state index contributed by atoms with van der Waals surface area (Å²) in [5, 5.41) is 4.09. The minimum absolute atomic E-state index is 0.0788. The van der Waals surface area contributed by atoms with Gasteiger partial charge < -0.3 is 5.32 Å². The van der Waals surface area contributed by atoms with Gasteiger partial charge in [0.1, 0.15) is 5.82 Å². The van der Waals surface area contributed by atoms with Gasteiger partial charge >= 0.3 is 0 Å². The Kier molecular flexibility index (Phi) is 5.39. The van der Waals surface area contributed by atoms with Gasteiger partial charge in [-0.05, 0) is 43.5 Å². The second-order valence-corrected chi connectivity index (χ2v) is 6.85. The zero-order chi connectivity index (χ0) is 17.1. The van der Waals surface area contributed by atoms with Gasteiger partial charge in [0, 0.05) is 23.3 Å². The highest BCUT2D eigenvalue weighted by atomic mass is 35.5. The van der Waals surface area contributed by atoms with E-state index < -0.39 is 0 Å². The lowest BCUT2D eigenvalue weighted by Crippen LogP contribution is -2.37. The highest BCUT2D eigenvalue weighted by molar-refractivity contribution is 6.31. The van der Waals surface area contributed by atoms with Crippen LogP contribution in [-0.4, -0.2) is 28.4 Å². The number of hydrogen-bond donors (Lipinski definition) is 1. The number of nitrogens with zero attached hydrogens (tertiary/aromatic N) is 2. The van der Waals surface area contributed by atoms with Gasteiger partial charge in [-0.25, -0.2) is 4.98 Å². The lowest BCUT2D eigenvalue weighted by atomic mass is 10.1. The molecule has 1 amide bonds. The summed E-state index contributed by atoms with van der Waals surface area (Å²) in [6.45, 7) is 2.40. The van der Waals surface area contributed by atoms with Gasteiger partial charge in [-0.2, -0.15) is 0 Å². The lowest BCUT2D eigenvalue weighted by molar-refractivity contribution is -0.118. The fraction of sp³-hybridized carbons (Fsp3) is 0.333. The third-order valence-electron chi connectivity index (χ3n) is 4.19. The molecule has 1 aromatic heterocycles. The Morgan fingerprint density at radius 2 is 2.04 bits per heavy atom. The normalized spacial score (nSPS) is 15.3. The van der Waals surface area contributed by atoms with Crippen LogP contribution in [0.25, 0.3) is 0 Å².